The highest BCUT2D eigenvalue weighted by Crippen LogP contribution is 2.46. The fraction of sp³-hybridized carbons (Fsp3) is 0.938. The van der Waals surface area contributed by atoms with Crippen LogP contribution in [0.5, 0.6) is 0 Å². The minimum absolute atomic E-state index is 0.0786. The van der Waals surface area contributed by atoms with Gasteiger partial charge < -0.3 is 4.90 Å². The third-order valence-electron chi connectivity index (χ3n) is 5.49. The maximum atomic E-state index is 9.17. The Morgan fingerprint density at radius 1 is 1.16 bits per heavy atom. The van der Waals surface area contributed by atoms with Gasteiger partial charge in [-0.25, -0.2) is 0 Å². The molecule has 0 bridgehead atoms. The molecule has 19 heavy (non-hydrogen) atoms. The maximum absolute atomic E-state index is 9.17. The number of rotatable bonds is 5. The number of nitrogens with one attached hydrogen (secondary N) is 1. The maximum Gasteiger partial charge on any atom is 0.0967 e. The van der Waals surface area contributed by atoms with E-state index in [1.165, 1.54) is 64.5 Å². The zero-order valence-electron chi connectivity index (χ0n) is 12.0. The van der Waals surface area contributed by atoms with Gasteiger partial charge in [-0.1, -0.05) is 12.8 Å². The molecule has 1 aliphatic heterocycles. The van der Waals surface area contributed by atoms with E-state index in [4.69, 9.17) is 5.26 Å². The van der Waals surface area contributed by atoms with Crippen molar-refractivity contribution < 1.29 is 0 Å². The van der Waals surface area contributed by atoms with Gasteiger partial charge in [0.05, 0.1) is 12.1 Å². The minimum atomic E-state index is 0.0786. The molecule has 2 aliphatic carbocycles. The number of hydrogen-bond donors (Lipinski definition) is 1. The predicted molar refractivity (Wildman–Crippen MR) is 76.8 cm³/mol. The largest absolute Gasteiger partial charge is 0.303 e. The van der Waals surface area contributed by atoms with Crippen LogP contribution in [-0.2, 0) is 0 Å². The van der Waals surface area contributed by atoms with E-state index >= 15 is 0 Å². The number of nitriles is 1. The molecule has 3 fully saturated rings. The highest BCUT2D eigenvalue weighted by Gasteiger charge is 2.36. The van der Waals surface area contributed by atoms with Gasteiger partial charge in [-0.3, -0.25) is 5.32 Å². The molecule has 0 aromatic carbocycles. The Bertz CT molecular complexity index is 326. The molecule has 1 spiro atoms. The van der Waals surface area contributed by atoms with E-state index in [2.05, 4.69) is 16.3 Å². The fourth-order valence-corrected chi connectivity index (χ4v) is 3.91. The van der Waals surface area contributed by atoms with Crippen molar-refractivity contribution >= 4 is 0 Å². The smallest absolute Gasteiger partial charge is 0.0967 e. The fourth-order valence-electron chi connectivity index (χ4n) is 3.91. The lowest BCUT2D eigenvalue weighted by atomic mass is 9.77. The van der Waals surface area contributed by atoms with Gasteiger partial charge in [-0.05, 0) is 63.5 Å². The van der Waals surface area contributed by atoms with Gasteiger partial charge in [-0.2, -0.15) is 5.26 Å². The molecule has 1 atom stereocenters. The molecule has 106 valence electrons. The Morgan fingerprint density at radius 2 is 1.84 bits per heavy atom. The number of hydrogen-bond acceptors (Lipinski definition) is 3. The molecule has 1 heterocycles. The molecule has 1 saturated heterocycles. The molecular formula is C16H27N3. The first-order valence-electron chi connectivity index (χ1n) is 8.18. The second kappa shape index (κ2) is 5.81. The summed E-state index contributed by atoms with van der Waals surface area (Å²) < 4.78 is 0. The van der Waals surface area contributed by atoms with Crippen LogP contribution in [0.25, 0.3) is 0 Å². The van der Waals surface area contributed by atoms with Crippen molar-refractivity contribution in [3.63, 3.8) is 0 Å². The molecule has 1 N–H and O–H groups in total. The van der Waals surface area contributed by atoms with Crippen LogP contribution in [0.4, 0.5) is 0 Å². The Morgan fingerprint density at radius 3 is 2.42 bits per heavy atom. The van der Waals surface area contributed by atoms with E-state index < -0.39 is 0 Å². The highest BCUT2D eigenvalue weighted by molar-refractivity contribution is 4.96. The number of piperidine rings is 1. The SMILES string of the molecule is N#CC(CCN1CCC2(CCCC2)CC1)NC1CC1. The van der Waals surface area contributed by atoms with Crippen molar-refractivity contribution in [2.45, 2.75) is 69.9 Å². The van der Waals surface area contributed by atoms with Crippen molar-refractivity contribution in [2.75, 3.05) is 19.6 Å². The van der Waals surface area contributed by atoms with E-state index in [0.717, 1.165) is 18.4 Å². The monoisotopic (exact) mass is 261 g/mol. The molecule has 0 amide bonds. The normalized spacial score (nSPS) is 28.4. The van der Waals surface area contributed by atoms with Crippen molar-refractivity contribution in [1.29, 1.82) is 5.26 Å². The van der Waals surface area contributed by atoms with E-state index in [-0.39, 0.29) is 6.04 Å². The first-order valence-corrected chi connectivity index (χ1v) is 8.18. The van der Waals surface area contributed by atoms with Crippen LogP contribution in [0.3, 0.4) is 0 Å². The summed E-state index contributed by atoms with van der Waals surface area (Å²) in [6, 6.07) is 3.15. The van der Waals surface area contributed by atoms with E-state index in [1.807, 2.05) is 0 Å². The molecule has 2 saturated carbocycles. The third-order valence-corrected chi connectivity index (χ3v) is 5.49. The van der Waals surface area contributed by atoms with Gasteiger partial charge in [0.15, 0.2) is 0 Å². The second-order valence-electron chi connectivity index (χ2n) is 6.96. The third kappa shape index (κ3) is 3.49. The molecule has 0 aromatic rings. The van der Waals surface area contributed by atoms with E-state index in [0.29, 0.717) is 6.04 Å². The van der Waals surface area contributed by atoms with Gasteiger partial charge in [-0.15, -0.1) is 0 Å². The molecule has 1 unspecified atom stereocenters. The average Bonchev–Trinajstić information content (AvgIpc) is 3.15. The Balaban J connectivity index is 1.38. The Labute approximate surface area is 117 Å². The second-order valence-corrected chi connectivity index (χ2v) is 6.96. The van der Waals surface area contributed by atoms with Crippen molar-refractivity contribution in [3.8, 4) is 6.07 Å². The van der Waals surface area contributed by atoms with Crippen molar-refractivity contribution in [1.82, 2.24) is 10.2 Å². The summed E-state index contributed by atoms with van der Waals surface area (Å²) in [6.07, 6.45) is 12.2. The first-order chi connectivity index (χ1) is 9.30. The minimum Gasteiger partial charge on any atom is -0.303 e. The summed E-state index contributed by atoms with van der Waals surface area (Å²) >= 11 is 0. The summed E-state index contributed by atoms with van der Waals surface area (Å²) in [5.41, 5.74) is 0.720. The highest BCUT2D eigenvalue weighted by atomic mass is 15.1. The molecule has 0 aromatic heterocycles. The van der Waals surface area contributed by atoms with Gasteiger partial charge in [0, 0.05) is 12.6 Å². The molecule has 3 heteroatoms. The number of likely N-dealkylation sites (tertiary alicyclic amines) is 1. The van der Waals surface area contributed by atoms with E-state index in [9.17, 15) is 0 Å². The Hall–Kier alpha value is -0.590. The summed E-state index contributed by atoms with van der Waals surface area (Å²) in [5.74, 6) is 0. The molecule has 3 nitrogen and oxygen atoms in total. The summed E-state index contributed by atoms with van der Waals surface area (Å²) in [5, 5.41) is 12.6. The van der Waals surface area contributed by atoms with Crippen LogP contribution in [-0.4, -0.2) is 36.6 Å². The van der Waals surface area contributed by atoms with Crippen LogP contribution in [0.2, 0.25) is 0 Å². The van der Waals surface area contributed by atoms with Crippen molar-refractivity contribution in [3.05, 3.63) is 0 Å². The predicted octanol–water partition coefficient (Wildman–Crippen LogP) is 2.68. The lowest BCUT2D eigenvalue weighted by Crippen LogP contribution is -2.41. The molecular weight excluding hydrogens is 234 g/mol. The van der Waals surface area contributed by atoms with Crippen LogP contribution >= 0.6 is 0 Å². The summed E-state index contributed by atoms with van der Waals surface area (Å²) in [7, 11) is 0. The van der Waals surface area contributed by atoms with Crippen LogP contribution in [0.15, 0.2) is 0 Å². The molecule has 0 radical (unpaired) electrons. The van der Waals surface area contributed by atoms with E-state index in [1.54, 1.807) is 0 Å². The quantitative estimate of drug-likeness (QED) is 0.827. The van der Waals surface area contributed by atoms with Gasteiger partial charge >= 0.3 is 0 Å². The van der Waals surface area contributed by atoms with Crippen LogP contribution in [0.1, 0.15) is 57.8 Å². The topological polar surface area (TPSA) is 39.1 Å². The lowest BCUT2D eigenvalue weighted by molar-refractivity contribution is 0.106. The number of nitrogens with zero attached hydrogens (tertiary/aromatic N) is 2. The van der Waals surface area contributed by atoms with Gasteiger partial charge in [0.25, 0.3) is 0 Å². The Kier molecular flexibility index (Phi) is 4.10. The molecule has 3 rings (SSSR count). The summed E-state index contributed by atoms with van der Waals surface area (Å²) in [6.45, 7) is 3.64. The van der Waals surface area contributed by atoms with Crippen LogP contribution in [0, 0.1) is 16.7 Å². The van der Waals surface area contributed by atoms with Crippen molar-refractivity contribution in [2.24, 2.45) is 5.41 Å². The lowest BCUT2D eigenvalue weighted by Gasteiger charge is -2.39. The molecule has 3 aliphatic rings. The van der Waals surface area contributed by atoms with Gasteiger partial charge in [0.1, 0.15) is 0 Å². The zero-order chi connectivity index (χ0) is 13.1. The standard InChI is InChI=1S/C16H27N3/c17-13-15(18-14-3-4-14)5-10-19-11-8-16(9-12-19)6-1-2-7-16/h14-15,18H,1-12H2. The van der Waals surface area contributed by atoms with Gasteiger partial charge in [0.2, 0.25) is 0 Å². The van der Waals surface area contributed by atoms with Crippen LogP contribution < -0.4 is 5.32 Å². The average molecular weight is 261 g/mol. The first kappa shape index (κ1) is 13.4. The summed E-state index contributed by atoms with van der Waals surface area (Å²) in [4.78, 5) is 2.59. The zero-order valence-corrected chi connectivity index (χ0v) is 12.0.